The van der Waals surface area contributed by atoms with Crippen LogP contribution in [0.5, 0.6) is 0 Å². The van der Waals surface area contributed by atoms with E-state index in [1.165, 1.54) is 18.2 Å². The highest BCUT2D eigenvalue weighted by atomic mass is 35.5. The zero-order valence-corrected chi connectivity index (χ0v) is 13.4. The van der Waals surface area contributed by atoms with Crippen LogP contribution < -0.4 is 10.6 Å². The Balaban J connectivity index is 0.00000242. The minimum absolute atomic E-state index is 0. The van der Waals surface area contributed by atoms with Crippen LogP contribution in [-0.4, -0.2) is 36.2 Å². The molecule has 0 bridgehead atoms. The molecule has 0 aromatic heterocycles. The van der Waals surface area contributed by atoms with E-state index in [2.05, 4.69) is 10.6 Å². The highest BCUT2D eigenvalue weighted by molar-refractivity contribution is 7.99. The molecule has 0 saturated carbocycles. The molecule has 0 spiro atoms. The van der Waals surface area contributed by atoms with Crippen LogP contribution in [0, 0.1) is 0 Å². The van der Waals surface area contributed by atoms with Crippen molar-refractivity contribution in [1.82, 2.24) is 5.32 Å². The van der Waals surface area contributed by atoms with Gasteiger partial charge in [0.15, 0.2) is 0 Å². The van der Waals surface area contributed by atoms with E-state index < -0.39 is 12.6 Å². The summed E-state index contributed by atoms with van der Waals surface area (Å²) in [4.78, 5) is 11.9. The van der Waals surface area contributed by atoms with Crippen LogP contribution in [-0.2, 0) is 11.2 Å². The van der Waals surface area contributed by atoms with Gasteiger partial charge in [-0.2, -0.15) is 24.9 Å². The number of halogens is 4. The van der Waals surface area contributed by atoms with Crippen molar-refractivity contribution in [3.05, 3.63) is 29.8 Å². The van der Waals surface area contributed by atoms with Crippen molar-refractivity contribution in [1.29, 1.82) is 0 Å². The fraction of sp³-hybridized carbons (Fsp3) is 0.500. The van der Waals surface area contributed by atoms with Crippen molar-refractivity contribution < 1.29 is 18.0 Å². The summed E-state index contributed by atoms with van der Waals surface area (Å²) < 4.78 is 37.0. The van der Waals surface area contributed by atoms with Gasteiger partial charge in [0.2, 0.25) is 5.91 Å². The van der Waals surface area contributed by atoms with Crippen LogP contribution in [0.15, 0.2) is 24.3 Å². The SMILES string of the molecule is Cl.O=C(CC1CSCCN1)Nc1cccc(CC(F)(F)F)c1. The van der Waals surface area contributed by atoms with Crippen LogP contribution >= 0.6 is 24.2 Å². The Morgan fingerprint density at radius 1 is 1.41 bits per heavy atom. The average Bonchev–Trinajstić information content (AvgIpc) is 2.38. The zero-order chi connectivity index (χ0) is 15.3. The Kier molecular flexibility index (Phi) is 7.52. The van der Waals surface area contributed by atoms with Crippen molar-refractivity contribution in [3.63, 3.8) is 0 Å². The standard InChI is InChI=1S/C14H17F3N2OS.ClH/c15-14(16,17)8-10-2-1-3-11(6-10)19-13(20)7-12-9-21-5-4-18-12;/h1-3,6,12,18H,4-5,7-9H2,(H,19,20);1H. The molecular weight excluding hydrogens is 337 g/mol. The van der Waals surface area contributed by atoms with E-state index in [9.17, 15) is 18.0 Å². The molecule has 1 atom stereocenters. The molecule has 1 fully saturated rings. The lowest BCUT2D eigenvalue weighted by molar-refractivity contribution is -0.127. The van der Waals surface area contributed by atoms with E-state index >= 15 is 0 Å². The van der Waals surface area contributed by atoms with Crippen molar-refractivity contribution >= 4 is 35.8 Å². The topological polar surface area (TPSA) is 41.1 Å². The van der Waals surface area contributed by atoms with E-state index in [-0.39, 0.29) is 29.9 Å². The van der Waals surface area contributed by atoms with Gasteiger partial charge in [-0.25, -0.2) is 0 Å². The van der Waals surface area contributed by atoms with Crippen molar-refractivity contribution in [2.24, 2.45) is 0 Å². The first-order valence-electron chi connectivity index (χ1n) is 6.69. The smallest absolute Gasteiger partial charge is 0.326 e. The number of hydrogen-bond acceptors (Lipinski definition) is 3. The van der Waals surface area contributed by atoms with Gasteiger partial charge in [0, 0.05) is 36.2 Å². The third-order valence-corrected chi connectivity index (χ3v) is 4.18. The Morgan fingerprint density at radius 3 is 2.82 bits per heavy atom. The molecule has 0 aliphatic carbocycles. The molecule has 1 aromatic rings. The van der Waals surface area contributed by atoms with E-state index in [0.29, 0.717) is 12.1 Å². The second-order valence-electron chi connectivity index (χ2n) is 4.97. The van der Waals surface area contributed by atoms with Crippen molar-refractivity contribution in [2.45, 2.75) is 25.1 Å². The molecule has 1 aromatic carbocycles. The molecule has 1 aliphatic rings. The van der Waals surface area contributed by atoms with Crippen LogP contribution in [0.25, 0.3) is 0 Å². The highest BCUT2D eigenvalue weighted by Crippen LogP contribution is 2.23. The minimum Gasteiger partial charge on any atom is -0.326 e. The van der Waals surface area contributed by atoms with Gasteiger partial charge in [0.25, 0.3) is 0 Å². The number of anilines is 1. The van der Waals surface area contributed by atoms with Crippen molar-refractivity contribution in [2.75, 3.05) is 23.4 Å². The van der Waals surface area contributed by atoms with Gasteiger partial charge in [-0.1, -0.05) is 12.1 Å². The first kappa shape index (κ1) is 19.1. The van der Waals surface area contributed by atoms with Crippen molar-refractivity contribution in [3.8, 4) is 0 Å². The quantitative estimate of drug-likeness (QED) is 0.872. The molecule has 2 N–H and O–H groups in total. The van der Waals surface area contributed by atoms with Gasteiger partial charge in [-0.05, 0) is 17.7 Å². The van der Waals surface area contributed by atoms with Gasteiger partial charge in [0.1, 0.15) is 0 Å². The first-order chi connectivity index (χ1) is 9.92. The summed E-state index contributed by atoms with van der Waals surface area (Å²) in [5.74, 6) is 1.73. The van der Waals surface area contributed by atoms with E-state index in [0.717, 1.165) is 18.1 Å². The predicted molar refractivity (Wildman–Crippen MR) is 85.8 cm³/mol. The molecule has 1 heterocycles. The Hall–Kier alpha value is -0.920. The molecule has 1 amide bonds. The lowest BCUT2D eigenvalue weighted by Gasteiger charge is -2.22. The van der Waals surface area contributed by atoms with Crippen LogP contribution in [0.1, 0.15) is 12.0 Å². The van der Waals surface area contributed by atoms with Gasteiger partial charge in [-0.15, -0.1) is 12.4 Å². The predicted octanol–water partition coefficient (Wildman–Crippen LogP) is 3.25. The summed E-state index contributed by atoms with van der Waals surface area (Å²) in [6, 6.07) is 6.02. The molecule has 2 rings (SSSR count). The van der Waals surface area contributed by atoms with Gasteiger partial charge >= 0.3 is 6.18 Å². The molecule has 1 aliphatic heterocycles. The number of benzene rings is 1. The van der Waals surface area contributed by atoms with Gasteiger partial charge < -0.3 is 10.6 Å². The van der Waals surface area contributed by atoms with Crippen LogP contribution in [0.4, 0.5) is 18.9 Å². The van der Waals surface area contributed by atoms with Crippen LogP contribution in [0.3, 0.4) is 0 Å². The maximum atomic E-state index is 12.3. The molecule has 3 nitrogen and oxygen atoms in total. The largest absolute Gasteiger partial charge is 0.393 e. The van der Waals surface area contributed by atoms with E-state index in [1.807, 2.05) is 0 Å². The molecule has 1 saturated heterocycles. The number of thioether (sulfide) groups is 1. The number of rotatable bonds is 4. The number of nitrogens with one attached hydrogen (secondary N) is 2. The summed E-state index contributed by atoms with van der Waals surface area (Å²) in [6.45, 7) is 0.879. The second kappa shape index (κ2) is 8.64. The summed E-state index contributed by atoms with van der Waals surface area (Å²) in [6.07, 6.45) is -4.90. The lowest BCUT2D eigenvalue weighted by Crippen LogP contribution is -2.39. The Bertz CT molecular complexity index is 493. The molecule has 124 valence electrons. The highest BCUT2D eigenvalue weighted by Gasteiger charge is 2.27. The summed E-state index contributed by atoms with van der Waals surface area (Å²) in [7, 11) is 0. The number of hydrogen-bond donors (Lipinski definition) is 2. The Labute approximate surface area is 137 Å². The molecule has 1 unspecified atom stereocenters. The normalized spacial score (nSPS) is 18.4. The number of carbonyl (C=O) groups excluding carboxylic acids is 1. The number of carbonyl (C=O) groups is 1. The minimum atomic E-state index is -4.24. The van der Waals surface area contributed by atoms with Gasteiger partial charge in [-0.3, -0.25) is 4.79 Å². The molecule has 22 heavy (non-hydrogen) atoms. The summed E-state index contributed by atoms with van der Waals surface area (Å²) in [5.41, 5.74) is 0.553. The van der Waals surface area contributed by atoms with E-state index in [4.69, 9.17) is 0 Å². The van der Waals surface area contributed by atoms with E-state index in [1.54, 1.807) is 17.8 Å². The third-order valence-electron chi connectivity index (χ3n) is 3.05. The molecule has 0 radical (unpaired) electrons. The summed E-state index contributed by atoms with van der Waals surface area (Å²) in [5, 5.41) is 5.91. The maximum absolute atomic E-state index is 12.3. The fourth-order valence-electron chi connectivity index (χ4n) is 2.18. The number of amides is 1. The summed E-state index contributed by atoms with van der Waals surface area (Å²) >= 11 is 1.79. The average molecular weight is 355 g/mol. The number of alkyl halides is 3. The lowest BCUT2D eigenvalue weighted by atomic mass is 10.1. The van der Waals surface area contributed by atoms with Gasteiger partial charge in [0.05, 0.1) is 6.42 Å². The third kappa shape index (κ3) is 6.89. The fourth-order valence-corrected chi connectivity index (χ4v) is 3.13. The zero-order valence-electron chi connectivity index (χ0n) is 11.8. The second-order valence-corrected chi connectivity index (χ2v) is 6.12. The molecule has 8 heteroatoms. The van der Waals surface area contributed by atoms with Crippen LogP contribution in [0.2, 0.25) is 0 Å². The monoisotopic (exact) mass is 354 g/mol. The maximum Gasteiger partial charge on any atom is 0.393 e. The first-order valence-corrected chi connectivity index (χ1v) is 7.84. The Morgan fingerprint density at radius 2 is 2.18 bits per heavy atom. The molecular formula is C14H18ClF3N2OS.